The Labute approximate surface area is 116 Å². The summed E-state index contributed by atoms with van der Waals surface area (Å²) in [7, 11) is 0. The Morgan fingerprint density at radius 1 is 1.25 bits per heavy atom. The molecule has 0 saturated heterocycles. The highest BCUT2D eigenvalue weighted by atomic mass is 32.2. The molecule has 1 aromatic carbocycles. The Kier molecular flexibility index (Phi) is 3.23. The van der Waals surface area contributed by atoms with Crippen LogP contribution in [0.4, 0.5) is 14.7 Å². The number of nitrogens with two attached hydrogens (primary N) is 1. The summed E-state index contributed by atoms with van der Waals surface area (Å²) in [5.41, 5.74) is 7.08. The fourth-order valence-corrected chi connectivity index (χ4v) is 2.69. The van der Waals surface area contributed by atoms with Crippen LogP contribution in [0.15, 0.2) is 29.6 Å². The number of fused-ring (bicyclic) bond motifs is 1. The molecular weight excluding hydrogens is 284 g/mol. The van der Waals surface area contributed by atoms with Crippen LogP contribution in [0.1, 0.15) is 5.56 Å². The Hall–Kier alpha value is -2.22. The summed E-state index contributed by atoms with van der Waals surface area (Å²) >= 11 is 1.28. The van der Waals surface area contributed by atoms with Crippen LogP contribution in [-0.4, -0.2) is 19.9 Å². The number of hydrogen-bond acceptors (Lipinski definition) is 5. The summed E-state index contributed by atoms with van der Waals surface area (Å²) in [6, 6.07) is 3.49. The number of hydrogen-bond donors (Lipinski definition) is 2. The van der Waals surface area contributed by atoms with Gasteiger partial charge in [0.1, 0.15) is 22.2 Å². The van der Waals surface area contributed by atoms with Gasteiger partial charge in [-0.3, -0.25) is 0 Å². The SMILES string of the molecule is Nc1nc(SCc2ccc(F)cc2F)c2[nH]cnc2n1. The molecule has 2 heterocycles. The largest absolute Gasteiger partial charge is 0.368 e. The van der Waals surface area contributed by atoms with Crippen LogP contribution in [0.2, 0.25) is 0 Å². The molecule has 0 aliphatic rings. The third-order valence-corrected chi connectivity index (χ3v) is 3.67. The predicted octanol–water partition coefficient (Wildman–Crippen LogP) is 2.51. The summed E-state index contributed by atoms with van der Waals surface area (Å²) in [4.78, 5) is 15.0. The van der Waals surface area contributed by atoms with Crippen LogP contribution in [-0.2, 0) is 5.75 Å². The second-order valence-electron chi connectivity index (χ2n) is 4.01. The van der Waals surface area contributed by atoms with Gasteiger partial charge in [-0.25, -0.2) is 18.7 Å². The number of nitrogen functional groups attached to an aromatic ring is 1. The zero-order chi connectivity index (χ0) is 14.1. The summed E-state index contributed by atoms with van der Waals surface area (Å²) < 4.78 is 26.4. The number of halogens is 2. The van der Waals surface area contributed by atoms with E-state index in [1.807, 2.05) is 0 Å². The Morgan fingerprint density at radius 3 is 2.90 bits per heavy atom. The van der Waals surface area contributed by atoms with Gasteiger partial charge >= 0.3 is 0 Å². The fourth-order valence-electron chi connectivity index (χ4n) is 1.71. The van der Waals surface area contributed by atoms with Crippen molar-refractivity contribution in [3.8, 4) is 0 Å². The minimum absolute atomic E-state index is 0.103. The van der Waals surface area contributed by atoms with Crippen LogP contribution >= 0.6 is 11.8 Å². The predicted molar refractivity (Wildman–Crippen MR) is 72.0 cm³/mol. The first-order valence-electron chi connectivity index (χ1n) is 5.67. The molecule has 102 valence electrons. The maximum absolute atomic E-state index is 13.6. The Balaban J connectivity index is 1.88. The Morgan fingerprint density at radius 2 is 2.10 bits per heavy atom. The van der Waals surface area contributed by atoms with Gasteiger partial charge in [-0.1, -0.05) is 17.8 Å². The molecule has 0 atom stereocenters. The second kappa shape index (κ2) is 5.04. The molecule has 0 aliphatic heterocycles. The normalized spacial score (nSPS) is 11.1. The molecule has 3 aromatic rings. The number of rotatable bonds is 3. The third-order valence-electron chi connectivity index (χ3n) is 2.65. The van der Waals surface area contributed by atoms with Crippen molar-refractivity contribution < 1.29 is 8.78 Å². The number of nitrogens with zero attached hydrogens (tertiary/aromatic N) is 3. The highest BCUT2D eigenvalue weighted by Gasteiger charge is 2.11. The highest BCUT2D eigenvalue weighted by Crippen LogP contribution is 2.27. The standard InChI is InChI=1S/C12H9F2N5S/c13-7-2-1-6(8(14)3-7)4-20-11-9-10(17-5-16-9)18-12(15)19-11/h1-3,5H,4H2,(H3,15,16,17,18,19). The minimum Gasteiger partial charge on any atom is -0.368 e. The summed E-state index contributed by atoms with van der Waals surface area (Å²) in [5.74, 6) is -0.776. The van der Waals surface area contributed by atoms with E-state index in [1.165, 1.54) is 30.2 Å². The number of nitrogens with one attached hydrogen (secondary N) is 1. The van der Waals surface area contributed by atoms with Crippen molar-refractivity contribution >= 4 is 28.9 Å². The number of anilines is 1. The second-order valence-corrected chi connectivity index (χ2v) is 4.98. The monoisotopic (exact) mass is 293 g/mol. The van der Waals surface area contributed by atoms with E-state index in [2.05, 4.69) is 19.9 Å². The van der Waals surface area contributed by atoms with Crippen LogP contribution in [0.25, 0.3) is 11.2 Å². The van der Waals surface area contributed by atoms with E-state index in [-0.39, 0.29) is 5.95 Å². The molecule has 5 nitrogen and oxygen atoms in total. The van der Waals surface area contributed by atoms with Crippen LogP contribution in [0.5, 0.6) is 0 Å². The molecule has 0 fully saturated rings. The van der Waals surface area contributed by atoms with Crippen LogP contribution in [0.3, 0.4) is 0 Å². The fraction of sp³-hybridized carbons (Fsp3) is 0.0833. The van der Waals surface area contributed by atoms with E-state index in [0.717, 1.165) is 6.07 Å². The lowest BCUT2D eigenvalue weighted by molar-refractivity contribution is 0.576. The van der Waals surface area contributed by atoms with Gasteiger partial charge in [-0.2, -0.15) is 4.98 Å². The van der Waals surface area contributed by atoms with E-state index >= 15 is 0 Å². The van der Waals surface area contributed by atoms with Crippen molar-refractivity contribution in [3.05, 3.63) is 41.7 Å². The Bertz CT molecular complexity index is 774. The van der Waals surface area contributed by atoms with E-state index in [1.54, 1.807) is 0 Å². The van der Waals surface area contributed by atoms with Gasteiger partial charge in [0.15, 0.2) is 5.65 Å². The number of benzene rings is 1. The van der Waals surface area contributed by atoms with Gasteiger partial charge < -0.3 is 10.7 Å². The van der Waals surface area contributed by atoms with Gasteiger partial charge in [0.2, 0.25) is 5.95 Å². The molecule has 3 rings (SSSR count). The number of H-pyrrole nitrogens is 1. The van der Waals surface area contributed by atoms with Crippen molar-refractivity contribution in [3.63, 3.8) is 0 Å². The van der Waals surface area contributed by atoms with Crippen molar-refractivity contribution in [2.45, 2.75) is 10.8 Å². The zero-order valence-electron chi connectivity index (χ0n) is 10.1. The first-order valence-corrected chi connectivity index (χ1v) is 6.65. The maximum atomic E-state index is 13.6. The van der Waals surface area contributed by atoms with Gasteiger partial charge in [0.05, 0.1) is 6.33 Å². The summed E-state index contributed by atoms with van der Waals surface area (Å²) in [6.07, 6.45) is 1.49. The molecule has 2 aromatic heterocycles. The first kappa shape index (κ1) is 12.8. The molecule has 0 amide bonds. The minimum atomic E-state index is -0.599. The van der Waals surface area contributed by atoms with E-state index < -0.39 is 11.6 Å². The molecule has 8 heteroatoms. The molecule has 20 heavy (non-hydrogen) atoms. The third kappa shape index (κ3) is 2.42. The lowest BCUT2D eigenvalue weighted by Crippen LogP contribution is -1.97. The summed E-state index contributed by atoms with van der Waals surface area (Å²) in [6.45, 7) is 0. The average molecular weight is 293 g/mol. The highest BCUT2D eigenvalue weighted by molar-refractivity contribution is 7.98. The molecule has 0 radical (unpaired) electrons. The molecule has 0 saturated carbocycles. The summed E-state index contributed by atoms with van der Waals surface area (Å²) in [5, 5.41) is 0.578. The average Bonchev–Trinajstić information content (AvgIpc) is 2.85. The molecular formula is C12H9F2N5S. The maximum Gasteiger partial charge on any atom is 0.223 e. The number of aromatic nitrogens is 4. The number of thioether (sulfide) groups is 1. The van der Waals surface area contributed by atoms with E-state index in [0.29, 0.717) is 27.5 Å². The van der Waals surface area contributed by atoms with Crippen molar-refractivity contribution in [2.75, 3.05) is 5.73 Å². The topological polar surface area (TPSA) is 80.5 Å². The first-order chi connectivity index (χ1) is 9.63. The lowest BCUT2D eigenvalue weighted by atomic mass is 10.2. The number of imidazole rings is 1. The smallest absolute Gasteiger partial charge is 0.223 e. The molecule has 0 bridgehead atoms. The van der Waals surface area contributed by atoms with Gasteiger partial charge in [0.25, 0.3) is 0 Å². The van der Waals surface area contributed by atoms with E-state index in [4.69, 9.17) is 5.73 Å². The quantitative estimate of drug-likeness (QED) is 0.573. The molecule has 0 unspecified atom stereocenters. The van der Waals surface area contributed by atoms with Crippen LogP contribution < -0.4 is 5.73 Å². The van der Waals surface area contributed by atoms with Gasteiger partial charge in [0, 0.05) is 11.8 Å². The van der Waals surface area contributed by atoms with Crippen molar-refractivity contribution in [1.82, 2.24) is 19.9 Å². The van der Waals surface area contributed by atoms with Gasteiger partial charge in [-0.05, 0) is 11.6 Å². The van der Waals surface area contributed by atoms with Crippen molar-refractivity contribution in [1.29, 1.82) is 0 Å². The molecule has 0 aliphatic carbocycles. The number of aromatic amines is 1. The van der Waals surface area contributed by atoms with Crippen LogP contribution in [0, 0.1) is 11.6 Å². The molecule has 0 spiro atoms. The van der Waals surface area contributed by atoms with Gasteiger partial charge in [-0.15, -0.1) is 0 Å². The molecule has 3 N–H and O–H groups in total. The lowest BCUT2D eigenvalue weighted by Gasteiger charge is -2.04. The van der Waals surface area contributed by atoms with Crippen molar-refractivity contribution in [2.24, 2.45) is 0 Å². The van der Waals surface area contributed by atoms with E-state index in [9.17, 15) is 8.78 Å². The zero-order valence-corrected chi connectivity index (χ0v) is 10.9.